The molecule has 1 aromatic heterocycles. The van der Waals surface area contributed by atoms with E-state index in [1.165, 1.54) is 6.07 Å². The zero-order valence-electron chi connectivity index (χ0n) is 11.0. The molecule has 0 aliphatic rings. The minimum absolute atomic E-state index is 0.0313. The molecule has 0 aliphatic carbocycles. The highest BCUT2D eigenvalue weighted by Gasteiger charge is 2.34. The Balaban J connectivity index is 2.50. The van der Waals surface area contributed by atoms with Crippen LogP contribution < -0.4 is 0 Å². The molecule has 2 aromatic rings. The second-order valence-corrected chi connectivity index (χ2v) is 4.38. The van der Waals surface area contributed by atoms with Gasteiger partial charge < -0.3 is 10.3 Å². The number of pyridine rings is 1. The molecule has 0 saturated heterocycles. The maximum Gasteiger partial charge on any atom is 0.446 e. The van der Waals surface area contributed by atoms with E-state index in [9.17, 15) is 9.59 Å². The van der Waals surface area contributed by atoms with Crippen molar-refractivity contribution < 1.29 is 19.1 Å². The molecule has 21 heavy (non-hydrogen) atoms. The number of carbonyl (C=O) groups excluding carboxylic acids is 2. The number of rotatable bonds is 4. The first kappa shape index (κ1) is 14.8. The van der Waals surface area contributed by atoms with Crippen LogP contribution in [0.15, 0.2) is 30.3 Å². The molecule has 0 fully saturated rings. The molecule has 7 heteroatoms. The lowest BCUT2D eigenvalue weighted by atomic mass is 10.1. The number of aromatic nitrogens is 1. The largest absolute Gasteiger partial charge is 0.457 e. The predicted molar refractivity (Wildman–Crippen MR) is 76.3 cm³/mol. The lowest BCUT2D eigenvalue weighted by Crippen LogP contribution is -2.28. The van der Waals surface area contributed by atoms with Gasteiger partial charge in [-0.3, -0.25) is 4.79 Å². The number of esters is 1. The normalized spacial score (nSPS) is 10.0. The molecule has 106 valence electrons. The summed E-state index contributed by atoms with van der Waals surface area (Å²) in [6.07, 6.45) is 0. The van der Waals surface area contributed by atoms with E-state index in [4.69, 9.17) is 17.1 Å². The molecule has 0 saturated carbocycles. The molecule has 1 aromatic carbocycles. The fourth-order valence-corrected chi connectivity index (χ4v) is 1.99. The molecular formula is C14H10ClN3O3. The number of carbonyl (C=O) groups is 2. The third kappa shape index (κ3) is 2.97. The number of ether oxygens (including phenoxy) is 1. The van der Waals surface area contributed by atoms with Crippen molar-refractivity contribution in [2.75, 3.05) is 6.61 Å². The highest BCUT2D eigenvalue weighted by atomic mass is 35.5. The van der Waals surface area contributed by atoms with Gasteiger partial charge in [-0.2, -0.15) is 4.79 Å². The Morgan fingerprint density at radius 2 is 2.10 bits per heavy atom. The Bertz CT molecular complexity index is 782. The first-order valence-electron chi connectivity index (χ1n) is 6.07. The van der Waals surface area contributed by atoms with Crippen LogP contribution in [0.2, 0.25) is 5.15 Å². The van der Waals surface area contributed by atoms with Gasteiger partial charge in [-0.25, -0.2) is 9.78 Å². The average Bonchev–Trinajstić information content (AvgIpc) is 2.47. The second kappa shape index (κ2) is 6.26. The number of ketones is 1. The Morgan fingerprint density at radius 3 is 2.76 bits per heavy atom. The minimum Gasteiger partial charge on any atom is -0.457 e. The summed E-state index contributed by atoms with van der Waals surface area (Å²) in [5.74, 6) is -1.87. The number of para-hydroxylation sites is 1. The second-order valence-electron chi connectivity index (χ2n) is 4.02. The molecule has 0 atom stereocenters. The summed E-state index contributed by atoms with van der Waals surface area (Å²) in [6, 6.07) is 8.53. The van der Waals surface area contributed by atoms with Crippen molar-refractivity contribution in [2.45, 2.75) is 6.92 Å². The molecule has 6 nitrogen and oxygen atoms in total. The number of hydrogen-bond donors (Lipinski definition) is 0. The van der Waals surface area contributed by atoms with E-state index in [0.29, 0.717) is 10.9 Å². The third-order valence-corrected chi connectivity index (χ3v) is 2.99. The van der Waals surface area contributed by atoms with E-state index < -0.39 is 17.5 Å². The molecule has 0 N–H and O–H groups in total. The monoisotopic (exact) mass is 303 g/mol. The van der Waals surface area contributed by atoms with Crippen LogP contribution in [-0.4, -0.2) is 33.8 Å². The average molecular weight is 304 g/mol. The summed E-state index contributed by atoms with van der Waals surface area (Å²) in [4.78, 5) is 30.6. The van der Waals surface area contributed by atoms with Gasteiger partial charge in [0.2, 0.25) is 0 Å². The van der Waals surface area contributed by atoms with E-state index in [2.05, 4.69) is 14.5 Å². The van der Waals surface area contributed by atoms with Gasteiger partial charge in [0.1, 0.15) is 5.15 Å². The summed E-state index contributed by atoms with van der Waals surface area (Å²) in [7, 11) is 0. The third-order valence-electron chi connectivity index (χ3n) is 2.71. The van der Waals surface area contributed by atoms with E-state index in [1.54, 1.807) is 31.2 Å². The summed E-state index contributed by atoms with van der Waals surface area (Å²) in [6.45, 7) is 1.62. The molecule has 2 rings (SSSR count). The van der Waals surface area contributed by atoms with Gasteiger partial charge in [-0.15, -0.1) is 0 Å². The highest BCUT2D eigenvalue weighted by molar-refractivity contribution is 6.66. The molecule has 1 heterocycles. The Hall–Kier alpha value is -2.56. The Labute approximate surface area is 124 Å². The standard InChI is InChI=1S/C14H10ClN3O3/c1-2-21-14(20)11(18-16)12(19)9-7-8-5-3-4-6-10(8)17-13(9)15/h3-7H,2H2,1H3. The SMILES string of the molecule is CCOC(=O)C(=[N+]=[N-])C(=O)c1cc2ccccc2nc1Cl. The molecule has 0 radical (unpaired) electrons. The van der Waals surface area contributed by atoms with Crippen LogP contribution in [0.25, 0.3) is 16.4 Å². The van der Waals surface area contributed by atoms with Crippen molar-refractivity contribution in [2.24, 2.45) is 0 Å². The van der Waals surface area contributed by atoms with Crippen LogP contribution in [0.5, 0.6) is 0 Å². The van der Waals surface area contributed by atoms with Gasteiger partial charge in [-0.05, 0) is 19.1 Å². The topological polar surface area (TPSA) is 92.7 Å². The van der Waals surface area contributed by atoms with Crippen molar-refractivity contribution in [3.05, 3.63) is 46.6 Å². The molecule has 0 aliphatic heterocycles. The van der Waals surface area contributed by atoms with Crippen LogP contribution in [-0.2, 0) is 9.53 Å². The van der Waals surface area contributed by atoms with Gasteiger partial charge in [-0.1, -0.05) is 29.8 Å². The molecular weight excluding hydrogens is 294 g/mol. The van der Waals surface area contributed by atoms with Gasteiger partial charge in [0.25, 0.3) is 5.78 Å². The van der Waals surface area contributed by atoms with Crippen molar-refractivity contribution >= 4 is 40.0 Å². The van der Waals surface area contributed by atoms with E-state index >= 15 is 0 Å². The Morgan fingerprint density at radius 1 is 1.38 bits per heavy atom. The number of fused-ring (bicyclic) bond motifs is 1. The van der Waals surface area contributed by atoms with Crippen molar-refractivity contribution in [1.29, 1.82) is 0 Å². The number of hydrogen-bond acceptors (Lipinski definition) is 4. The molecule has 0 spiro atoms. The smallest absolute Gasteiger partial charge is 0.446 e. The van der Waals surface area contributed by atoms with Crippen LogP contribution in [0.3, 0.4) is 0 Å². The van der Waals surface area contributed by atoms with E-state index in [0.717, 1.165) is 0 Å². The fraction of sp³-hybridized carbons (Fsp3) is 0.143. The number of Topliss-reactive ketones (excluding diaryl/α,β-unsaturated/α-hetero) is 1. The first-order valence-corrected chi connectivity index (χ1v) is 6.45. The Kier molecular flexibility index (Phi) is 4.42. The van der Waals surface area contributed by atoms with Gasteiger partial charge in [0.05, 0.1) is 17.7 Å². The molecule has 0 amide bonds. The zero-order valence-corrected chi connectivity index (χ0v) is 11.8. The maximum absolute atomic E-state index is 12.2. The van der Waals surface area contributed by atoms with Crippen molar-refractivity contribution in [3.63, 3.8) is 0 Å². The van der Waals surface area contributed by atoms with Crippen molar-refractivity contribution in [3.8, 4) is 0 Å². The van der Waals surface area contributed by atoms with Crippen LogP contribution >= 0.6 is 11.6 Å². The van der Waals surface area contributed by atoms with Gasteiger partial charge >= 0.3 is 11.7 Å². The lowest BCUT2D eigenvalue weighted by molar-refractivity contribution is -0.139. The van der Waals surface area contributed by atoms with E-state index in [-0.39, 0.29) is 17.3 Å². The summed E-state index contributed by atoms with van der Waals surface area (Å²) in [5, 5.41) is 0.593. The van der Waals surface area contributed by atoms with Gasteiger partial charge in [0, 0.05) is 5.39 Å². The quantitative estimate of drug-likeness (QED) is 0.165. The maximum atomic E-state index is 12.2. The molecule has 0 bridgehead atoms. The van der Waals surface area contributed by atoms with Crippen LogP contribution in [0.4, 0.5) is 0 Å². The minimum atomic E-state index is -1.02. The highest BCUT2D eigenvalue weighted by Crippen LogP contribution is 2.21. The van der Waals surface area contributed by atoms with Crippen LogP contribution in [0, 0.1) is 0 Å². The van der Waals surface area contributed by atoms with Crippen LogP contribution in [0.1, 0.15) is 17.3 Å². The van der Waals surface area contributed by atoms with Crippen molar-refractivity contribution in [1.82, 2.24) is 4.98 Å². The molecule has 0 unspecified atom stereocenters. The first-order chi connectivity index (χ1) is 10.1. The fourth-order valence-electron chi connectivity index (χ4n) is 1.76. The predicted octanol–water partition coefficient (Wildman–Crippen LogP) is 2.30. The number of benzene rings is 1. The lowest BCUT2D eigenvalue weighted by Gasteiger charge is -2.03. The summed E-state index contributed by atoms with van der Waals surface area (Å²) in [5.41, 5.74) is 8.70. The zero-order chi connectivity index (χ0) is 15.4. The summed E-state index contributed by atoms with van der Waals surface area (Å²) < 4.78 is 4.65. The van der Waals surface area contributed by atoms with E-state index in [1.807, 2.05) is 0 Å². The number of nitrogens with zero attached hydrogens (tertiary/aromatic N) is 3. The van der Waals surface area contributed by atoms with Gasteiger partial charge in [0.15, 0.2) is 0 Å². The number of halogens is 1. The summed E-state index contributed by atoms with van der Waals surface area (Å²) >= 11 is 5.96.